The second-order valence-corrected chi connectivity index (χ2v) is 4.90. The highest BCUT2D eigenvalue weighted by Crippen LogP contribution is 2.29. The SMILES string of the molecule is Cc1ccc(C(N)c2cccs2)c(Cl)c1. The van der Waals surface area contributed by atoms with Gasteiger partial charge in [0.25, 0.3) is 0 Å². The van der Waals surface area contributed by atoms with E-state index in [0.29, 0.717) is 0 Å². The number of halogens is 1. The molecule has 1 nitrogen and oxygen atoms in total. The van der Waals surface area contributed by atoms with Gasteiger partial charge in [-0.3, -0.25) is 0 Å². The maximum Gasteiger partial charge on any atom is 0.0660 e. The predicted molar refractivity (Wildman–Crippen MR) is 66.5 cm³/mol. The van der Waals surface area contributed by atoms with E-state index in [0.717, 1.165) is 21.0 Å². The smallest absolute Gasteiger partial charge is 0.0660 e. The van der Waals surface area contributed by atoms with Crippen LogP contribution in [0.3, 0.4) is 0 Å². The maximum absolute atomic E-state index is 6.17. The molecule has 0 aliphatic carbocycles. The van der Waals surface area contributed by atoms with E-state index in [2.05, 4.69) is 0 Å². The van der Waals surface area contributed by atoms with Crippen LogP contribution in [-0.4, -0.2) is 0 Å². The second kappa shape index (κ2) is 4.35. The average Bonchev–Trinajstić information content (AvgIpc) is 2.69. The Morgan fingerprint density at radius 2 is 2.13 bits per heavy atom. The zero-order valence-corrected chi connectivity index (χ0v) is 9.98. The van der Waals surface area contributed by atoms with Crippen LogP contribution in [0.1, 0.15) is 22.0 Å². The van der Waals surface area contributed by atoms with E-state index in [1.165, 1.54) is 0 Å². The standard InChI is InChI=1S/C12H12ClNS/c1-8-4-5-9(10(13)7-8)12(14)11-3-2-6-15-11/h2-7,12H,14H2,1H3. The Kier molecular flexibility index (Phi) is 3.10. The third-order valence-electron chi connectivity index (χ3n) is 2.34. The van der Waals surface area contributed by atoms with Gasteiger partial charge in [-0.15, -0.1) is 11.3 Å². The second-order valence-electron chi connectivity index (χ2n) is 3.52. The van der Waals surface area contributed by atoms with Gasteiger partial charge in [-0.2, -0.15) is 0 Å². The molecule has 2 rings (SSSR count). The largest absolute Gasteiger partial charge is 0.320 e. The van der Waals surface area contributed by atoms with Crippen LogP contribution in [0.25, 0.3) is 0 Å². The lowest BCUT2D eigenvalue weighted by Crippen LogP contribution is -2.10. The number of rotatable bonds is 2. The number of hydrogen-bond donors (Lipinski definition) is 1. The molecule has 2 N–H and O–H groups in total. The van der Waals surface area contributed by atoms with E-state index >= 15 is 0 Å². The third-order valence-corrected chi connectivity index (χ3v) is 3.62. The minimum Gasteiger partial charge on any atom is -0.320 e. The first-order valence-corrected chi connectivity index (χ1v) is 5.99. The monoisotopic (exact) mass is 237 g/mol. The molecule has 1 atom stereocenters. The predicted octanol–water partition coefficient (Wildman–Crippen LogP) is 3.76. The van der Waals surface area contributed by atoms with Crippen LogP contribution >= 0.6 is 22.9 Å². The highest BCUT2D eigenvalue weighted by Gasteiger charge is 2.12. The molecule has 2 aromatic rings. The molecule has 0 radical (unpaired) electrons. The first-order valence-electron chi connectivity index (χ1n) is 4.73. The molecule has 0 aliphatic rings. The van der Waals surface area contributed by atoms with E-state index < -0.39 is 0 Å². The van der Waals surface area contributed by atoms with Crippen molar-refractivity contribution in [3.8, 4) is 0 Å². The summed E-state index contributed by atoms with van der Waals surface area (Å²) in [7, 11) is 0. The van der Waals surface area contributed by atoms with Crippen molar-refractivity contribution in [2.45, 2.75) is 13.0 Å². The third kappa shape index (κ3) is 2.23. The first-order chi connectivity index (χ1) is 7.18. The lowest BCUT2D eigenvalue weighted by atomic mass is 10.0. The molecule has 0 spiro atoms. The van der Waals surface area contributed by atoms with Gasteiger partial charge in [-0.05, 0) is 35.6 Å². The normalized spacial score (nSPS) is 12.7. The Bertz CT molecular complexity index is 451. The van der Waals surface area contributed by atoms with E-state index in [-0.39, 0.29) is 6.04 Å². The molecule has 0 fully saturated rings. The summed E-state index contributed by atoms with van der Waals surface area (Å²) in [5.74, 6) is 0. The summed E-state index contributed by atoms with van der Waals surface area (Å²) < 4.78 is 0. The fourth-order valence-electron chi connectivity index (χ4n) is 1.51. The summed E-state index contributed by atoms with van der Waals surface area (Å²) >= 11 is 7.82. The number of nitrogens with two attached hydrogens (primary N) is 1. The Hall–Kier alpha value is -0.830. The summed E-state index contributed by atoms with van der Waals surface area (Å²) in [6.07, 6.45) is 0. The van der Waals surface area contributed by atoms with Crippen LogP contribution < -0.4 is 5.73 Å². The van der Waals surface area contributed by atoms with Gasteiger partial charge in [-0.1, -0.05) is 29.8 Å². The minimum absolute atomic E-state index is 0.113. The Balaban J connectivity index is 2.38. The van der Waals surface area contributed by atoms with E-state index in [4.69, 9.17) is 17.3 Å². The summed E-state index contributed by atoms with van der Waals surface area (Å²) in [6.45, 7) is 2.02. The van der Waals surface area contributed by atoms with Crippen molar-refractivity contribution in [3.63, 3.8) is 0 Å². The quantitative estimate of drug-likeness (QED) is 0.846. The lowest BCUT2D eigenvalue weighted by Gasteiger charge is -2.12. The zero-order valence-electron chi connectivity index (χ0n) is 8.41. The fourth-order valence-corrected chi connectivity index (χ4v) is 2.60. The number of benzene rings is 1. The molecule has 1 unspecified atom stereocenters. The van der Waals surface area contributed by atoms with Crippen LogP contribution in [0.5, 0.6) is 0 Å². The molecule has 0 bridgehead atoms. The summed E-state index contributed by atoms with van der Waals surface area (Å²) in [5.41, 5.74) is 8.28. The highest BCUT2D eigenvalue weighted by molar-refractivity contribution is 7.10. The van der Waals surface area contributed by atoms with Crippen LogP contribution in [-0.2, 0) is 0 Å². The molecule has 1 aromatic carbocycles. The molecule has 0 saturated heterocycles. The first kappa shape index (κ1) is 10.7. The van der Waals surface area contributed by atoms with Gasteiger partial charge in [0.15, 0.2) is 0 Å². The summed E-state index contributed by atoms with van der Waals surface area (Å²) in [4.78, 5) is 1.14. The maximum atomic E-state index is 6.17. The molecule has 0 amide bonds. The highest BCUT2D eigenvalue weighted by atomic mass is 35.5. The molecule has 3 heteroatoms. The average molecular weight is 238 g/mol. The van der Waals surface area contributed by atoms with Gasteiger partial charge in [-0.25, -0.2) is 0 Å². The van der Waals surface area contributed by atoms with Gasteiger partial charge in [0.2, 0.25) is 0 Å². The van der Waals surface area contributed by atoms with Crippen molar-refractivity contribution in [1.29, 1.82) is 0 Å². The van der Waals surface area contributed by atoms with Crippen molar-refractivity contribution in [2.75, 3.05) is 0 Å². The van der Waals surface area contributed by atoms with Crippen LogP contribution in [0.15, 0.2) is 35.7 Å². The van der Waals surface area contributed by atoms with E-state index in [1.54, 1.807) is 11.3 Å². The van der Waals surface area contributed by atoms with Crippen molar-refractivity contribution in [1.82, 2.24) is 0 Å². The molecule has 0 aliphatic heterocycles. The topological polar surface area (TPSA) is 26.0 Å². The number of aryl methyl sites for hydroxylation is 1. The van der Waals surface area contributed by atoms with Crippen LogP contribution in [0.4, 0.5) is 0 Å². The Morgan fingerprint density at radius 3 is 2.73 bits per heavy atom. The van der Waals surface area contributed by atoms with Crippen molar-refractivity contribution < 1.29 is 0 Å². The molecule has 0 saturated carbocycles. The van der Waals surface area contributed by atoms with Gasteiger partial charge in [0.1, 0.15) is 0 Å². The van der Waals surface area contributed by atoms with Gasteiger partial charge in [0.05, 0.1) is 6.04 Å². The Labute approximate surface area is 98.5 Å². The number of thiophene rings is 1. The fraction of sp³-hybridized carbons (Fsp3) is 0.167. The molecule has 78 valence electrons. The molecular formula is C12H12ClNS. The molecule has 15 heavy (non-hydrogen) atoms. The van der Waals surface area contributed by atoms with Gasteiger partial charge >= 0.3 is 0 Å². The van der Waals surface area contributed by atoms with Gasteiger partial charge < -0.3 is 5.73 Å². The van der Waals surface area contributed by atoms with Crippen molar-refractivity contribution in [2.24, 2.45) is 5.73 Å². The van der Waals surface area contributed by atoms with Crippen molar-refractivity contribution in [3.05, 3.63) is 56.7 Å². The number of hydrogen-bond acceptors (Lipinski definition) is 2. The molecule has 1 aromatic heterocycles. The molecule has 1 heterocycles. The van der Waals surface area contributed by atoms with E-state index in [9.17, 15) is 0 Å². The van der Waals surface area contributed by atoms with Crippen LogP contribution in [0.2, 0.25) is 5.02 Å². The van der Waals surface area contributed by atoms with E-state index in [1.807, 2.05) is 42.6 Å². The lowest BCUT2D eigenvalue weighted by molar-refractivity contribution is 0.893. The molecular weight excluding hydrogens is 226 g/mol. The van der Waals surface area contributed by atoms with Crippen LogP contribution in [0, 0.1) is 6.92 Å². The van der Waals surface area contributed by atoms with Crippen molar-refractivity contribution >= 4 is 22.9 Å². The summed E-state index contributed by atoms with van der Waals surface area (Å²) in [6, 6.07) is 9.91. The van der Waals surface area contributed by atoms with Gasteiger partial charge in [0, 0.05) is 9.90 Å². The zero-order chi connectivity index (χ0) is 10.8. The summed E-state index contributed by atoms with van der Waals surface area (Å²) in [5, 5.41) is 2.77. The Morgan fingerprint density at radius 1 is 1.33 bits per heavy atom. The minimum atomic E-state index is -0.113.